The zero-order valence-electron chi connectivity index (χ0n) is 16.8. The highest BCUT2D eigenvalue weighted by molar-refractivity contribution is 6.31. The Morgan fingerprint density at radius 2 is 1.78 bits per heavy atom. The predicted molar refractivity (Wildman–Crippen MR) is 118 cm³/mol. The van der Waals surface area contributed by atoms with Crippen LogP contribution in [0, 0.1) is 18.6 Å². The molecule has 0 unspecified atom stereocenters. The summed E-state index contributed by atoms with van der Waals surface area (Å²) in [6.45, 7) is 1.48. The van der Waals surface area contributed by atoms with Crippen molar-refractivity contribution in [3.05, 3.63) is 94.1 Å². The van der Waals surface area contributed by atoms with Gasteiger partial charge in [0.15, 0.2) is 12.4 Å². The van der Waals surface area contributed by atoms with E-state index in [0.29, 0.717) is 11.8 Å². The van der Waals surface area contributed by atoms with Gasteiger partial charge in [-0.15, -0.1) is 0 Å². The SMILES string of the molecule is Cc1cc2cc[nH]c2cc1NC(=O)COc1ccc(Cl)cc1C(=O)c1cc(F)cc(F)c1. The molecule has 0 aliphatic rings. The first-order valence-electron chi connectivity index (χ1n) is 9.61. The van der Waals surface area contributed by atoms with Crippen LogP contribution in [0.5, 0.6) is 5.75 Å². The number of carbonyl (C=O) groups is 2. The second kappa shape index (κ2) is 8.80. The van der Waals surface area contributed by atoms with E-state index >= 15 is 0 Å². The monoisotopic (exact) mass is 454 g/mol. The van der Waals surface area contributed by atoms with Gasteiger partial charge < -0.3 is 15.0 Å². The van der Waals surface area contributed by atoms with Gasteiger partial charge in [0.1, 0.15) is 17.4 Å². The van der Waals surface area contributed by atoms with Crippen LogP contribution in [-0.4, -0.2) is 23.3 Å². The van der Waals surface area contributed by atoms with Crippen LogP contribution in [0.2, 0.25) is 5.02 Å². The first-order valence-corrected chi connectivity index (χ1v) is 9.98. The van der Waals surface area contributed by atoms with Crippen LogP contribution >= 0.6 is 11.6 Å². The molecule has 4 rings (SSSR count). The van der Waals surface area contributed by atoms with Crippen molar-refractivity contribution in [1.82, 2.24) is 4.98 Å². The third-order valence-corrected chi connectivity index (χ3v) is 5.08. The molecule has 0 saturated carbocycles. The number of H-pyrrole nitrogens is 1. The van der Waals surface area contributed by atoms with Gasteiger partial charge in [-0.2, -0.15) is 0 Å². The fourth-order valence-electron chi connectivity index (χ4n) is 3.32. The van der Waals surface area contributed by atoms with Crippen LogP contribution in [0.4, 0.5) is 14.5 Å². The van der Waals surface area contributed by atoms with E-state index in [1.807, 2.05) is 31.3 Å². The van der Waals surface area contributed by atoms with E-state index in [1.165, 1.54) is 18.2 Å². The van der Waals surface area contributed by atoms with Crippen molar-refractivity contribution >= 4 is 39.9 Å². The number of fused-ring (bicyclic) bond motifs is 1. The minimum absolute atomic E-state index is 0.0146. The van der Waals surface area contributed by atoms with Gasteiger partial charge in [0.25, 0.3) is 5.91 Å². The second-order valence-corrected chi connectivity index (χ2v) is 7.63. The first kappa shape index (κ1) is 21.5. The lowest BCUT2D eigenvalue weighted by atomic mass is 10.0. The van der Waals surface area contributed by atoms with Crippen molar-refractivity contribution in [3.8, 4) is 5.75 Å². The molecule has 2 N–H and O–H groups in total. The maximum atomic E-state index is 13.5. The number of anilines is 1. The summed E-state index contributed by atoms with van der Waals surface area (Å²) in [5, 5.41) is 4.03. The number of aromatic nitrogens is 1. The number of ether oxygens (including phenoxy) is 1. The fourth-order valence-corrected chi connectivity index (χ4v) is 3.50. The molecule has 1 amide bonds. The van der Waals surface area contributed by atoms with Crippen LogP contribution in [0.15, 0.2) is 60.8 Å². The molecule has 3 aromatic carbocycles. The summed E-state index contributed by atoms with van der Waals surface area (Å²) in [4.78, 5) is 28.4. The number of carbonyl (C=O) groups excluding carboxylic acids is 2. The largest absolute Gasteiger partial charge is 0.483 e. The maximum absolute atomic E-state index is 13.5. The maximum Gasteiger partial charge on any atom is 0.262 e. The molecule has 0 bridgehead atoms. The molecule has 0 spiro atoms. The summed E-state index contributed by atoms with van der Waals surface area (Å²) in [6, 6.07) is 12.4. The molecule has 162 valence electrons. The Hall–Kier alpha value is -3.71. The van der Waals surface area contributed by atoms with Gasteiger partial charge >= 0.3 is 0 Å². The smallest absolute Gasteiger partial charge is 0.262 e. The van der Waals surface area contributed by atoms with E-state index in [1.54, 1.807) is 0 Å². The topological polar surface area (TPSA) is 71.2 Å². The van der Waals surface area contributed by atoms with Gasteiger partial charge in [-0.3, -0.25) is 9.59 Å². The summed E-state index contributed by atoms with van der Waals surface area (Å²) in [5.74, 6) is -2.83. The Morgan fingerprint density at radius 3 is 2.53 bits per heavy atom. The molecule has 1 aromatic heterocycles. The first-order chi connectivity index (χ1) is 15.3. The van der Waals surface area contributed by atoms with Crippen molar-refractivity contribution in [2.75, 3.05) is 11.9 Å². The lowest BCUT2D eigenvalue weighted by Crippen LogP contribution is -2.21. The Kier molecular flexibility index (Phi) is 5.92. The molecular weight excluding hydrogens is 438 g/mol. The molecule has 32 heavy (non-hydrogen) atoms. The van der Waals surface area contributed by atoms with Gasteiger partial charge in [0, 0.05) is 34.1 Å². The summed E-state index contributed by atoms with van der Waals surface area (Å²) < 4.78 is 32.7. The van der Waals surface area contributed by atoms with Crippen molar-refractivity contribution in [2.45, 2.75) is 6.92 Å². The second-order valence-electron chi connectivity index (χ2n) is 7.20. The molecule has 0 radical (unpaired) electrons. The van der Waals surface area contributed by atoms with Crippen LogP contribution in [-0.2, 0) is 4.79 Å². The van der Waals surface area contributed by atoms with Gasteiger partial charge in [0.2, 0.25) is 0 Å². The number of aromatic amines is 1. The van der Waals surface area contributed by atoms with Crippen molar-refractivity contribution in [2.24, 2.45) is 0 Å². The molecule has 8 heteroatoms. The lowest BCUT2D eigenvalue weighted by molar-refractivity contribution is -0.118. The van der Waals surface area contributed by atoms with Gasteiger partial charge in [-0.1, -0.05) is 11.6 Å². The van der Waals surface area contributed by atoms with E-state index < -0.39 is 23.3 Å². The third kappa shape index (κ3) is 4.63. The molecular formula is C24H17ClF2N2O3. The molecule has 0 fully saturated rings. The zero-order valence-corrected chi connectivity index (χ0v) is 17.6. The molecule has 4 aromatic rings. The quantitative estimate of drug-likeness (QED) is 0.369. The summed E-state index contributed by atoms with van der Waals surface area (Å²) in [7, 11) is 0. The number of nitrogens with one attached hydrogen (secondary N) is 2. The van der Waals surface area contributed by atoms with Crippen LogP contribution in [0.25, 0.3) is 10.9 Å². The lowest BCUT2D eigenvalue weighted by Gasteiger charge is -2.13. The summed E-state index contributed by atoms with van der Waals surface area (Å²) in [6.07, 6.45) is 1.81. The van der Waals surface area contributed by atoms with Crippen molar-refractivity contribution in [3.63, 3.8) is 0 Å². The average molecular weight is 455 g/mol. The summed E-state index contributed by atoms with van der Waals surface area (Å²) in [5.41, 5.74) is 2.16. The average Bonchev–Trinajstić information content (AvgIpc) is 3.19. The van der Waals surface area contributed by atoms with Crippen LogP contribution < -0.4 is 10.1 Å². The molecule has 0 aliphatic carbocycles. The number of aryl methyl sites for hydroxylation is 1. The number of rotatable bonds is 6. The minimum atomic E-state index is -0.883. The molecule has 0 aliphatic heterocycles. The Bertz CT molecular complexity index is 1330. The molecule has 5 nitrogen and oxygen atoms in total. The minimum Gasteiger partial charge on any atom is -0.483 e. The number of benzene rings is 3. The van der Waals surface area contributed by atoms with E-state index in [9.17, 15) is 18.4 Å². The van der Waals surface area contributed by atoms with E-state index in [2.05, 4.69) is 10.3 Å². The molecule has 0 saturated heterocycles. The highest BCUT2D eigenvalue weighted by Crippen LogP contribution is 2.27. The van der Waals surface area contributed by atoms with Crippen molar-refractivity contribution in [1.29, 1.82) is 0 Å². The number of hydrogen-bond acceptors (Lipinski definition) is 3. The van der Waals surface area contributed by atoms with Crippen LogP contribution in [0.1, 0.15) is 21.5 Å². The standard InChI is InChI=1S/C24H17ClF2N2O3/c1-13-6-14-4-5-28-21(14)11-20(13)29-23(30)12-32-22-3-2-16(25)9-19(22)24(31)15-7-17(26)10-18(27)8-15/h2-11,28H,12H2,1H3,(H,29,30). The number of ketones is 1. The van der Waals surface area contributed by atoms with Crippen LogP contribution in [0.3, 0.4) is 0 Å². The van der Waals surface area contributed by atoms with Crippen molar-refractivity contribution < 1.29 is 23.1 Å². The Morgan fingerprint density at radius 1 is 1.03 bits per heavy atom. The highest BCUT2D eigenvalue weighted by Gasteiger charge is 2.18. The summed E-state index contributed by atoms with van der Waals surface area (Å²) >= 11 is 6.00. The van der Waals surface area contributed by atoms with Gasteiger partial charge in [-0.05, 0) is 66.4 Å². The normalized spacial score (nSPS) is 10.9. The molecule has 0 atom stereocenters. The fraction of sp³-hybridized carbons (Fsp3) is 0.0833. The number of amides is 1. The number of halogens is 3. The zero-order chi connectivity index (χ0) is 22.8. The van der Waals surface area contributed by atoms with Gasteiger partial charge in [0.05, 0.1) is 5.56 Å². The van der Waals surface area contributed by atoms with E-state index in [-0.39, 0.29) is 28.5 Å². The van der Waals surface area contributed by atoms with E-state index in [0.717, 1.165) is 28.6 Å². The number of hydrogen-bond donors (Lipinski definition) is 2. The Balaban J connectivity index is 1.52. The highest BCUT2D eigenvalue weighted by atomic mass is 35.5. The third-order valence-electron chi connectivity index (χ3n) is 4.84. The predicted octanol–water partition coefficient (Wildman–Crippen LogP) is 5.66. The Labute approximate surface area is 187 Å². The van der Waals surface area contributed by atoms with E-state index in [4.69, 9.17) is 16.3 Å². The van der Waals surface area contributed by atoms with Gasteiger partial charge in [-0.25, -0.2) is 8.78 Å². The molecule has 1 heterocycles.